The molecular formula is C22H21N3O2. The molecule has 4 N–H and O–H groups in total. The summed E-state index contributed by atoms with van der Waals surface area (Å²) in [6, 6.07) is 23.6. The summed E-state index contributed by atoms with van der Waals surface area (Å²) in [4.78, 5) is 24.9. The maximum absolute atomic E-state index is 12.6. The van der Waals surface area contributed by atoms with Crippen molar-refractivity contribution in [3.8, 4) is 0 Å². The van der Waals surface area contributed by atoms with E-state index in [1.807, 2.05) is 54.6 Å². The second-order valence-corrected chi connectivity index (χ2v) is 6.16. The second kappa shape index (κ2) is 8.67. The number of carbonyl (C=O) groups excluding carboxylic acids is 2. The van der Waals surface area contributed by atoms with Gasteiger partial charge in [-0.25, -0.2) is 0 Å². The average molecular weight is 359 g/mol. The highest BCUT2D eigenvalue weighted by Gasteiger charge is 2.13. The molecule has 5 nitrogen and oxygen atoms in total. The predicted molar refractivity (Wildman–Crippen MR) is 109 cm³/mol. The summed E-state index contributed by atoms with van der Waals surface area (Å²) in [5.41, 5.74) is 9.04. The standard InChI is InChI=1S/C22H21N3O2/c23-17-8-6-7-16(15-17)13-14-21(26)25-20-12-5-4-11-19(20)22(27)24-18-9-2-1-3-10-18/h1-12,15H,13-14,23H2,(H,24,27)(H,25,26). The third kappa shape index (κ3) is 5.19. The van der Waals surface area contributed by atoms with Gasteiger partial charge >= 0.3 is 0 Å². The fraction of sp³-hybridized carbons (Fsp3) is 0.0909. The number of para-hydroxylation sites is 2. The van der Waals surface area contributed by atoms with E-state index in [2.05, 4.69) is 10.6 Å². The van der Waals surface area contributed by atoms with Crippen LogP contribution in [-0.4, -0.2) is 11.8 Å². The van der Waals surface area contributed by atoms with Crippen molar-refractivity contribution in [2.75, 3.05) is 16.4 Å². The first kappa shape index (κ1) is 18.2. The van der Waals surface area contributed by atoms with Gasteiger partial charge in [-0.15, -0.1) is 0 Å². The van der Waals surface area contributed by atoms with Crippen molar-refractivity contribution in [3.63, 3.8) is 0 Å². The Morgan fingerprint density at radius 1 is 0.815 bits per heavy atom. The van der Waals surface area contributed by atoms with Crippen LogP contribution in [0.5, 0.6) is 0 Å². The van der Waals surface area contributed by atoms with Gasteiger partial charge < -0.3 is 16.4 Å². The van der Waals surface area contributed by atoms with Gasteiger partial charge in [0, 0.05) is 17.8 Å². The lowest BCUT2D eigenvalue weighted by atomic mass is 10.1. The molecule has 0 saturated carbocycles. The number of rotatable bonds is 6. The van der Waals surface area contributed by atoms with Crippen molar-refractivity contribution in [1.29, 1.82) is 0 Å². The van der Waals surface area contributed by atoms with E-state index in [4.69, 9.17) is 5.73 Å². The van der Waals surface area contributed by atoms with Gasteiger partial charge in [0.05, 0.1) is 11.3 Å². The molecule has 2 amide bonds. The summed E-state index contributed by atoms with van der Waals surface area (Å²) in [5.74, 6) is -0.426. The third-order valence-corrected chi connectivity index (χ3v) is 4.07. The first-order chi connectivity index (χ1) is 13.1. The lowest BCUT2D eigenvalue weighted by molar-refractivity contribution is -0.116. The number of anilines is 3. The monoisotopic (exact) mass is 359 g/mol. The average Bonchev–Trinajstić information content (AvgIpc) is 2.68. The second-order valence-electron chi connectivity index (χ2n) is 6.16. The summed E-state index contributed by atoms with van der Waals surface area (Å²) >= 11 is 0. The van der Waals surface area contributed by atoms with Crippen LogP contribution in [0.25, 0.3) is 0 Å². The van der Waals surface area contributed by atoms with Crippen molar-refractivity contribution < 1.29 is 9.59 Å². The van der Waals surface area contributed by atoms with Crippen LogP contribution >= 0.6 is 0 Å². The number of nitrogens with two attached hydrogens (primary N) is 1. The number of amides is 2. The van der Waals surface area contributed by atoms with Crippen LogP contribution in [0.1, 0.15) is 22.3 Å². The summed E-state index contributed by atoms with van der Waals surface area (Å²) < 4.78 is 0. The number of carbonyl (C=O) groups is 2. The molecule has 0 fully saturated rings. The topological polar surface area (TPSA) is 84.2 Å². The SMILES string of the molecule is Nc1cccc(CCC(=O)Nc2ccccc2C(=O)Nc2ccccc2)c1. The lowest BCUT2D eigenvalue weighted by Gasteiger charge is -2.11. The maximum Gasteiger partial charge on any atom is 0.257 e. The molecule has 0 aliphatic heterocycles. The summed E-state index contributed by atoms with van der Waals surface area (Å²) in [7, 11) is 0. The van der Waals surface area contributed by atoms with Crippen molar-refractivity contribution in [2.24, 2.45) is 0 Å². The Kier molecular flexibility index (Phi) is 5.84. The van der Waals surface area contributed by atoms with Crippen molar-refractivity contribution in [3.05, 3.63) is 90.0 Å². The first-order valence-electron chi connectivity index (χ1n) is 8.71. The Hall–Kier alpha value is -3.60. The molecule has 3 aromatic carbocycles. The predicted octanol–water partition coefficient (Wildman–Crippen LogP) is 4.09. The summed E-state index contributed by atoms with van der Waals surface area (Å²) in [5, 5.41) is 5.66. The van der Waals surface area contributed by atoms with E-state index in [1.165, 1.54) is 0 Å². The molecule has 0 bridgehead atoms. The molecule has 0 radical (unpaired) electrons. The molecule has 0 aliphatic carbocycles. The highest BCUT2D eigenvalue weighted by atomic mass is 16.2. The zero-order valence-corrected chi connectivity index (χ0v) is 14.8. The van der Waals surface area contributed by atoms with Gasteiger partial charge in [0.1, 0.15) is 0 Å². The van der Waals surface area contributed by atoms with Gasteiger partial charge in [-0.05, 0) is 48.4 Å². The molecule has 0 unspecified atom stereocenters. The Morgan fingerprint density at radius 2 is 1.56 bits per heavy atom. The first-order valence-corrected chi connectivity index (χ1v) is 8.71. The molecule has 0 aliphatic rings. The Labute approximate surface area is 158 Å². The molecule has 0 atom stereocenters. The van der Waals surface area contributed by atoms with E-state index < -0.39 is 0 Å². The highest BCUT2D eigenvalue weighted by molar-refractivity contribution is 6.10. The van der Waals surface area contributed by atoms with E-state index in [1.54, 1.807) is 24.3 Å². The molecular weight excluding hydrogens is 338 g/mol. The quantitative estimate of drug-likeness (QED) is 0.580. The molecule has 0 saturated heterocycles. The molecule has 136 valence electrons. The van der Waals surface area contributed by atoms with E-state index >= 15 is 0 Å². The molecule has 0 aromatic heterocycles. The van der Waals surface area contributed by atoms with Crippen molar-refractivity contribution in [2.45, 2.75) is 12.8 Å². The Balaban J connectivity index is 1.64. The third-order valence-electron chi connectivity index (χ3n) is 4.07. The zero-order chi connectivity index (χ0) is 19.1. The lowest BCUT2D eigenvalue weighted by Crippen LogP contribution is -2.18. The van der Waals surface area contributed by atoms with E-state index in [9.17, 15) is 9.59 Å². The largest absolute Gasteiger partial charge is 0.399 e. The van der Waals surface area contributed by atoms with Crippen LogP contribution in [0.4, 0.5) is 17.1 Å². The van der Waals surface area contributed by atoms with E-state index in [-0.39, 0.29) is 11.8 Å². The number of benzene rings is 3. The fourth-order valence-electron chi connectivity index (χ4n) is 2.73. The minimum atomic E-state index is -0.270. The number of hydrogen-bond acceptors (Lipinski definition) is 3. The van der Waals surface area contributed by atoms with Crippen molar-refractivity contribution >= 4 is 28.9 Å². The number of hydrogen-bond donors (Lipinski definition) is 3. The molecule has 0 heterocycles. The number of aryl methyl sites for hydroxylation is 1. The minimum absolute atomic E-state index is 0.155. The summed E-state index contributed by atoms with van der Waals surface area (Å²) in [6.45, 7) is 0. The van der Waals surface area contributed by atoms with Crippen LogP contribution in [0.2, 0.25) is 0 Å². The normalized spacial score (nSPS) is 10.2. The van der Waals surface area contributed by atoms with Gasteiger partial charge in [0.15, 0.2) is 0 Å². The van der Waals surface area contributed by atoms with Gasteiger partial charge in [0.2, 0.25) is 5.91 Å². The van der Waals surface area contributed by atoms with E-state index in [0.717, 1.165) is 5.56 Å². The number of nitrogens with one attached hydrogen (secondary N) is 2. The minimum Gasteiger partial charge on any atom is -0.399 e. The smallest absolute Gasteiger partial charge is 0.257 e. The van der Waals surface area contributed by atoms with Crippen LogP contribution in [0.15, 0.2) is 78.9 Å². The molecule has 3 rings (SSSR count). The van der Waals surface area contributed by atoms with Gasteiger partial charge in [0.25, 0.3) is 5.91 Å². The molecule has 3 aromatic rings. The molecule has 0 spiro atoms. The fourth-order valence-corrected chi connectivity index (χ4v) is 2.73. The van der Waals surface area contributed by atoms with Crippen LogP contribution in [0.3, 0.4) is 0 Å². The van der Waals surface area contributed by atoms with Crippen LogP contribution < -0.4 is 16.4 Å². The van der Waals surface area contributed by atoms with Crippen molar-refractivity contribution in [1.82, 2.24) is 0 Å². The van der Waals surface area contributed by atoms with Crippen LogP contribution in [0, 0.1) is 0 Å². The summed E-state index contributed by atoms with van der Waals surface area (Å²) in [6.07, 6.45) is 0.882. The Bertz CT molecular complexity index is 939. The maximum atomic E-state index is 12.6. The van der Waals surface area contributed by atoms with Gasteiger partial charge in [-0.1, -0.05) is 42.5 Å². The Morgan fingerprint density at radius 3 is 2.33 bits per heavy atom. The highest BCUT2D eigenvalue weighted by Crippen LogP contribution is 2.18. The van der Waals surface area contributed by atoms with Gasteiger partial charge in [-0.2, -0.15) is 0 Å². The number of nitrogen functional groups attached to an aromatic ring is 1. The van der Waals surface area contributed by atoms with E-state index in [0.29, 0.717) is 35.5 Å². The molecule has 5 heteroatoms. The van der Waals surface area contributed by atoms with Crippen LogP contribution in [-0.2, 0) is 11.2 Å². The zero-order valence-electron chi connectivity index (χ0n) is 14.8. The molecule has 27 heavy (non-hydrogen) atoms. The van der Waals surface area contributed by atoms with Gasteiger partial charge in [-0.3, -0.25) is 9.59 Å².